The first-order valence-corrected chi connectivity index (χ1v) is 12.2. The molecule has 0 aliphatic heterocycles. The summed E-state index contributed by atoms with van der Waals surface area (Å²) in [5, 5.41) is 4.50. The zero-order chi connectivity index (χ0) is 21.2. The molecule has 0 aliphatic carbocycles. The molecule has 1 N–H and O–H groups in total. The molecule has 0 saturated heterocycles. The number of sulfonamides is 1. The van der Waals surface area contributed by atoms with Gasteiger partial charge in [-0.05, 0) is 30.7 Å². The number of anilines is 1. The second-order valence-electron chi connectivity index (χ2n) is 6.23. The summed E-state index contributed by atoms with van der Waals surface area (Å²) in [6.45, 7) is 2.08. The van der Waals surface area contributed by atoms with Gasteiger partial charge in [-0.25, -0.2) is 22.7 Å². The Morgan fingerprint density at radius 1 is 1.28 bits per heavy atom. The van der Waals surface area contributed by atoms with Crippen molar-refractivity contribution in [2.75, 3.05) is 25.2 Å². The summed E-state index contributed by atoms with van der Waals surface area (Å²) >= 11 is 8.96. The summed E-state index contributed by atoms with van der Waals surface area (Å²) in [4.78, 5) is 23.0. The number of hydrogen-bond donors (Lipinski definition) is 1. The van der Waals surface area contributed by atoms with E-state index in [1.54, 1.807) is 17.4 Å². The third kappa shape index (κ3) is 4.89. The average molecular weight is 471 g/mol. The number of nitrogens with zero attached hydrogens (tertiary/aromatic N) is 3. The molecule has 2 heterocycles. The van der Waals surface area contributed by atoms with E-state index in [9.17, 15) is 13.2 Å². The van der Waals surface area contributed by atoms with Crippen molar-refractivity contribution in [1.82, 2.24) is 14.3 Å². The van der Waals surface area contributed by atoms with Crippen LogP contribution in [0.2, 0.25) is 5.02 Å². The van der Waals surface area contributed by atoms with Crippen LogP contribution in [0.1, 0.15) is 11.8 Å². The molecule has 0 atom stereocenters. The van der Waals surface area contributed by atoms with Crippen molar-refractivity contribution < 1.29 is 13.2 Å². The maximum Gasteiger partial charge on any atom is 0.244 e. The van der Waals surface area contributed by atoms with Gasteiger partial charge in [0.15, 0.2) is 0 Å². The van der Waals surface area contributed by atoms with Gasteiger partial charge in [0, 0.05) is 30.0 Å². The number of thioether (sulfide) groups is 1. The van der Waals surface area contributed by atoms with Gasteiger partial charge in [-0.15, -0.1) is 11.3 Å². The molecule has 0 aliphatic rings. The Morgan fingerprint density at radius 3 is 2.72 bits per heavy atom. The molecule has 11 heteroatoms. The minimum Gasteiger partial charge on any atom is -0.325 e. The van der Waals surface area contributed by atoms with Crippen LogP contribution in [0.15, 0.2) is 40.5 Å². The quantitative estimate of drug-likeness (QED) is 0.416. The molecule has 0 spiro atoms. The van der Waals surface area contributed by atoms with Crippen molar-refractivity contribution in [2.45, 2.75) is 23.3 Å². The van der Waals surface area contributed by atoms with E-state index < -0.39 is 10.0 Å². The number of fused-ring (bicyclic) bond motifs is 1. The first-order valence-electron chi connectivity index (χ1n) is 8.60. The Kier molecular flexibility index (Phi) is 6.79. The largest absolute Gasteiger partial charge is 0.325 e. The third-order valence-corrected chi connectivity index (χ3v) is 8.50. The van der Waals surface area contributed by atoms with Crippen molar-refractivity contribution in [2.24, 2.45) is 0 Å². The molecule has 7 nitrogen and oxygen atoms in total. The van der Waals surface area contributed by atoms with Crippen LogP contribution in [0.25, 0.3) is 10.2 Å². The van der Waals surface area contributed by atoms with Crippen molar-refractivity contribution in [1.29, 1.82) is 0 Å². The van der Waals surface area contributed by atoms with Crippen molar-refractivity contribution in [3.63, 3.8) is 0 Å². The van der Waals surface area contributed by atoms with E-state index in [0.717, 1.165) is 26.0 Å². The fourth-order valence-electron chi connectivity index (χ4n) is 2.48. The van der Waals surface area contributed by atoms with Gasteiger partial charge < -0.3 is 5.32 Å². The Bertz CT molecular complexity index is 1160. The maximum atomic E-state index is 12.4. The molecule has 0 bridgehead atoms. The molecule has 0 saturated carbocycles. The summed E-state index contributed by atoms with van der Waals surface area (Å²) in [6, 6.07) is 6.43. The predicted octanol–water partition coefficient (Wildman–Crippen LogP) is 3.89. The SMILES string of the molecule is CCc1cc2c(SCC(=O)Nc3ccc(Cl)c(S(=O)(=O)N(C)C)c3)ncnc2s1. The van der Waals surface area contributed by atoms with Gasteiger partial charge in [-0.2, -0.15) is 0 Å². The van der Waals surface area contributed by atoms with Crippen LogP contribution in [0.5, 0.6) is 0 Å². The number of rotatable bonds is 7. The van der Waals surface area contributed by atoms with Gasteiger partial charge in [0.05, 0.1) is 10.8 Å². The van der Waals surface area contributed by atoms with Gasteiger partial charge in [0.2, 0.25) is 15.9 Å². The highest BCUT2D eigenvalue weighted by molar-refractivity contribution is 8.00. The molecule has 154 valence electrons. The Hall–Kier alpha value is -1.72. The minimum absolute atomic E-state index is 0.0579. The molecule has 29 heavy (non-hydrogen) atoms. The number of aromatic nitrogens is 2. The lowest BCUT2D eigenvalue weighted by Gasteiger charge is -2.14. The fraction of sp³-hybridized carbons (Fsp3) is 0.278. The molecule has 0 fully saturated rings. The van der Waals surface area contributed by atoms with Gasteiger partial charge in [0.25, 0.3) is 0 Å². The predicted molar refractivity (Wildman–Crippen MR) is 118 cm³/mol. The number of amides is 1. The molecule has 1 aromatic carbocycles. The van der Waals surface area contributed by atoms with E-state index in [0.29, 0.717) is 5.69 Å². The van der Waals surface area contributed by atoms with Crippen LogP contribution < -0.4 is 5.32 Å². The maximum absolute atomic E-state index is 12.4. The molecule has 3 rings (SSSR count). The van der Waals surface area contributed by atoms with Crippen LogP contribution >= 0.6 is 34.7 Å². The molecule has 0 unspecified atom stereocenters. The number of carbonyl (C=O) groups excluding carboxylic acids is 1. The summed E-state index contributed by atoms with van der Waals surface area (Å²) in [5.74, 6) is -0.148. The van der Waals surface area contributed by atoms with Crippen molar-refractivity contribution in [3.8, 4) is 0 Å². The van der Waals surface area contributed by atoms with Gasteiger partial charge >= 0.3 is 0 Å². The molecule has 2 aromatic heterocycles. The van der Waals surface area contributed by atoms with E-state index in [4.69, 9.17) is 11.6 Å². The number of aryl methyl sites for hydroxylation is 1. The summed E-state index contributed by atoms with van der Waals surface area (Å²) in [6.07, 6.45) is 2.41. The Balaban J connectivity index is 1.73. The van der Waals surface area contributed by atoms with Crippen LogP contribution in [0.3, 0.4) is 0 Å². The van der Waals surface area contributed by atoms with E-state index in [1.165, 1.54) is 49.2 Å². The number of benzene rings is 1. The van der Waals surface area contributed by atoms with E-state index >= 15 is 0 Å². The number of thiophene rings is 1. The number of nitrogens with one attached hydrogen (secondary N) is 1. The standard InChI is InChI=1S/C18H19ClN4O3S3/c1-4-12-8-13-17(20-10-21-18(13)28-12)27-9-16(24)22-11-5-6-14(19)15(7-11)29(25,26)23(2)3/h5-8,10H,4,9H2,1-3H3,(H,22,24). The lowest BCUT2D eigenvalue weighted by atomic mass is 10.3. The lowest BCUT2D eigenvalue weighted by molar-refractivity contribution is -0.113. The third-order valence-electron chi connectivity index (χ3n) is 4.01. The molecular weight excluding hydrogens is 452 g/mol. The monoisotopic (exact) mass is 470 g/mol. The number of hydrogen-bond acceptors (Lipinski definition) is 7. The molecule has 0 radical (unpaired) electrons. The van der Waals surface area contributed by atoms with Crippen molar-refractivity contribution >= 4 is 66.5 Å². The van der Waals surface area contributed by atoms with Gasteiger partial charge in [0.1, 0.15) is 21.1 Å². The topological polar surface area (TPSA) is 92.3 Å². The van der Waals surface area contributed by atoms with Crippen LogP contribution in [-0.4, -0.2) is 48.4 Å². The first-order chi connectivity index (χ1) is 13.7. The fourth-order valence-corrected chi connectivity index (χ4v) is 5.65. The first kappa shape index (κ1) is 22.0. The van der Waals surface area contributed by atoms with Crippen LogP contribution in [-0.2, 0) is 21.2 Å². The number of carbonyl (C=O) groups is 1. The van der Waals surface area contributed by atoms with E-state index in [2.05, 4.69) is 28.3 Å². The highest BCUT2D eigenvalue weighted by atomic mass is 35.5. The zero-order valence-electron chi connectivity index (χ0n) is 16.0. The second kappa shape index (κ2) is 8.97. The van der Waals surface area contributed by atoms with Crippen LogP contribution in [0.4, 0.5) is 5.69 Å². The molecular formula is C18H19ClN4O3S3. The van der Waals surface area contributed by atoms with E-state index in [-0.39, 0.29) is 21.6 Å². The summed E-state index contributed by atoms with van der Waals surface area (Å²) in [7, 11) is -0.875. The Morgan fingerprint density at radius 2 is 2.03 bits per heavy atom. The van der Waals surface area contributed by atoms with Crippen molar-refractivity contribution in [3.05, 3.63) is 40.5 Å². The number of halogens is 1. The highest BCUT2D eigenvalue weighted by Crippen LogP contribution is 2.31. The molecule has 1 amide bonds. The van der Waals surface area contributed by atoms with E-state index in [1.807, 2.05) is 0 Å². The average Bonchev–Trinajstić information content (AvgIpc) is 3.11. The normalized spacial score (nSPS) is 11.9. The highest BCUT2D eigenvalue weighted by Gasteiger charge is 2.21. The minimum atomic E-state index is -3.72. The smallest absolute Gasteiger partial charge is 0.244 e. The second-order valence-corrected chi connectivity index (χ2v) is 10.8. The van der Waals surface area contributed by atoms with Gasteiger partial charge in [-0.3, -0.25) is 4.79 Å². The van der Waals surface area contributed by atoms with Crippen LogP contribution in [0, 0.1) is 0 Å². The zero-order valence-corrected chi connectivity index (χ0v) is 19.2. The summed E-state index contributed by atoms with van der Waals surface area (Å²) < 4.78 is 25.8. The lowest BCUT2D eigenvalue weighted by Crippen LogP contribution is -2.23. The Labute approximate surface area is 182 Å². The molecule has 3 aromatic rings. The van der Waals surface area contributed by atoms with Gasteiger partial charge in [-0.1, -0.05) is 30.3 Å². The summed E-state index contributed by atoms with van der Waals surface area (Å²) in [5.41, 5.74) is 0.358.